The van der Waals surface area contributed by atoms with Crippen molar-refractivity contribution in [1.29, 1.82) is 0 Å². The number of aromatic nitrogens is 1. The van der Waals surface area contributed by atoms with Crippen LogP contribution in [0.3, 0.4) is 0 Å². The molecule has 1 aromatic heterocycles. The van der Waals surface area contributed by atoms with E-state index >= 15 is 0 Å². The van der Waals surface area contributed by atoms with E-state index in [1.54, 1.807) is 45.0 Å². The first kappa shape index (κ1) is 27.3. The molecule has 36 heavy (non-hydrogen) atoms. The Bertz CT molecular complexity index is 1180. The highest BCUT2D eigenvalue weighted by atomic mass is 35.5. The molecule has 2 amide bonds. The third-order valence-electron chi connectivity index (χ3n) is 5.06. The van der Waals surface area contributed by atoms with E-state index in [1.807, 2.05) is 18.2 Å². The molecule has 3 rings (SSSR count). The number of nitrogens with one attached hydrogen (secondary N) is 2. The maximum absolute atomic E-state index is 14.8. The Morgan fingerprint density at radius 2 is 1.69 bits per heavy atom. The number of amides is 2. The fourth-order valence-electron chi connectivity index (χ4n) is 3.67. The molecule has 2 N–H and O–H groups in total. The average Bonchev–Trinajstić information content (AvgIpc) is 2.76. The van der Waals surface area contributed by atoms with Gasteiger partial charge in [0.1, 0.15) is 17.1 Å². The number of pyridine rings is 1. The van der Waals surface area contributed by atoms with E-state index in [1.165, 1.54) is 12.3 Å². The molecule has 1 heterocycles. The predicted molar refractivity (Wildman–Crippen MR) is 130 cm³/mol. The summed E-state index contributed by atoms with van der Waals surface area (Å²) in [6, 6.07) is 14.9. The number of halogens is 5. The zero-order chi connectivity index (χ0) is 26.6. The summed E-state index contributed by atoms with van der Waals surface area (Å²) in [7, 11) is 0. The van der Waals surface area contributed by atoms with Crippen LogP contribution < -0.4 is 15.4 Å². The van der Waals surface area contributed by atoms with Crippen LogP contribution in [0.2, 0.25) is 5.02 Å². The van der Waals surface area contributed by atoms with Crippen LogP contribution in [0.15, 0.2) is 66.9 Å². The Morgan fingerprint density at radius 3 is 2.28 bits per heavy atom. The SMILES string of the molecule is CC(C)(C)NC(=O)NC(Cc1ccccc1)(c1cc(F)cc(OCC(F)(F)F)c1)c1ccc(Cl)cn1. The van der Waals surface area contributed by atoms with Crippen LogP contribution in [0.1, 0.15) is 37.6 Å². The molecule has 0 bridgehead atoms. The monoisotopic (exact) mass is 523 g/mol. The van der Waals surface area contributed by atoms with Gasteiger partial charge in [-0.25, -0.2) is 9.18 Å². The lowest BCUT2D eigenvalue weighted by atomic mass is 9.80. The largest absolute Gasteiger partial charge is 0.484 e. The van der Waals surface area contributed by atoms with E-state index in [9.17, 15) is 22.4 Å². The zero-order valence-electron chi connectivity index (χ0n) is 19.9. The summed E-state index contributed by atoms with van der Waals surface area (Å²) in [4.78, 5) is 17.6. The maximum Gasteiger partial charge on any atom is 0.422 e. The lowest BCUT2D eigenvalue weighted by molar-refractivity contribution is -0.153. The minimum absolute atomic E-state index is 0.0994. The molecular formula is C26H26ClF4N3O2. The molecule has 0 fully saturated rings. The maximum atomic E-state index is 14.8. The van der Waals surface area contributed by atoms with Crippen LogP contribution in [-0.4, -0.2) is 29.3 Å². The lowest BCUT2D eigenvalue weighted by Crippen LogP contribution is -2.56. The van der Waals surface area contributed by atoms with Crippen molar-refractivity contribution in [3.8, 4) is 5.75 Å². The van der Waals surface area contributed by atoms with Gasteiger partial charge in [-0.2, -0.15) is 13.2 Å². The van der Waals surface area contributed by atoms with Gasteiger partial charge >= 0.3 is 12.2 Å². The highest BCUT2D eigenvalue weighted by molar-refractivity contribution is 6.30. The van der Waals surface area contributed by atoms with Crippen molar-refractivity contribution in [2.75, 3.05) is 6.61 Å². The van der Waals surface area contributed by atoms with Crippen LogP contribution in [0.25, 0.3) is 0 Å². The molecule has 0 spiro atoms. The fraction of sp³-hybridized carbons (Fsp3) is 0.308. The topological polar surface area (TPSA) is 63.2 Å². The lowest BCUT2D eigenvalue weighted by Gasteiger charge is -2.36. The van der Waals surface area contributed by atoms with Gasteiger partial charge in [-0.3, -0.25) is 4.98 Å². The Morgan fingerprint density at radius 1 is 1.00 bits per heavy atom. The number of ether oxygens (including phenoxy) is 1. The first-order chi connectivity index (χ1) is 16.8. The molecule has 3 aromatic rings. The van der Waals surface area contributed by atoms with Gasteiger partial charge in [0.2, 0.25) is 0 Å². The zero-order valence-corrected chi connectivity index (χ0v) is 20.7. The highest BCUT2D eigenvalue weighted by Crippen LogP contribution is 2.36. The molecule has 0 radical (unpaired) electrons. The van der Waals surface area contributed by atoms with E-state index in [4.69, 9.17) is 16.3 Å². The number of benzene rings is 2. The van der Waals surface area contributed by atoms with Gasteiger partial charge in [-0.15, -0.1) is 0 Å². The van der Waals surface area contributed by atoms with E-state index in [0.717, 1.165) is 17.7 Å². The molecule has 5 nitrogen and oxygen atoms in total. The van der Waals surface area contributed by atoms with Gasteiger partial charge in [-0.1, -0.05) is 41.9 Å². The van der Waals surface area contributed by atoms with Crippen LogP contribution in [0, 0.1) is 5.82 Å². The Hall–Kier alpha value is -3.33. The van der Waals surface area contributed by atoms with Crippen molar-refractivity contribution in [1.82, 2.24) is 15.6 Å². The van der Waals surface area contributed by atoms with Gasteiger partial charge in [0.15, 0.2) is 6.61 Å². The third-order valence-corrected chi connectivity index (χ3v) is 5.28. The summed E-state index contributed by atoms with van der Waals surface area (Å²) in [5, 5.41) is 6.06. The normalized spacial score (nSPS) is 13.6. The van der Waals surface area contributed by atoms with Crippen LogP contribution in [0.4, 0.5) is 22.4 Å². The number of carbonyl (C=O) groups excluding carboxylic acids is 1. The van der Waals surface area contributed by atoms with Crippen LogP contribution in [0.5, 0.6) is 5.75 Å². The fourth-order valence-corrected chi connectivity index (χ4v) is 3.79. The number of alkyl halides is 3. The molecule has 1 unspecified atom stereocenters. The molecule has 0 aliphatic carbocycles. The Labute approximate surface area is 211 Å². The number of urea groups is 1. The van der Waals surface area contributed by atoms with Gasteiger partial charge in [0, 0.05) is 24.2 Å². The summed E-state index contributed by atoms with van der Waals surface area (Å²) >= 11 is 6.05. The molecule has 10 heteroatoms. The van der Waals surface area contributed by atoms with Crippen LogP contribution in [-0.2, 0) is 12.0 Å². The number of rotatable bonds is 7. The summed E-state index contributed by atoms with van der Waals surface area (Å²) in [5.74, 6) is -1.18. The number of hydrogen-bond acceptors (Lipinski definition) is 3. The second kappa shape index (κ2) is 10.7. The molecular weight excluding hydrogens is 498 g/mol. The number of hydrogen-bond donors (Lipinski definition) is 2. The van der Waals surface area contributed by atoms with Crippen molar-refractivity contribution >= 4 is 17.6 Å². The first-order valence-corrected chi connectivity index (χ1v) is 11.4. The van der Waals surface area contributed by atoms with Crippen molar-refractivity contribution < 1.29 is 27.1 Å². The molecule has 0 saturated heterocycles. The van der Waals surface area contributed by atoms with Gasteiger partial charge in [0.25, 0.3) is 0 Å². The second-order valence-electron chi connectivity index (χ2n) is 9.34. The van der Waals surface area contributed by atoms with E-state index in [2.05, 4.69) is 15.6 Å². The van der Waals surface area contributed by atoms with Gasteiger partial charge < -0.3 is 15.4 Å². The van der Waals surface area contributed by atoms with Gasteiger partial charge in [-0.05, 0) is 56.2 Å². The van der Waals surface area contributed by atoms with Crippen molar-refractivity contribution in [2.24, 2.45) is 0 Å². The molecule has 0 aliphatic heterocycles. The Kier molecular flexibility index (Phi) is 8.13. The minimum atomic E-state index is -4.61. The standard InChI is InChI=1S/C26H26ClF4N3O2/c1-24(2,3)33-23(35)34-25(14-17-7-5-4-6-8-17,22-10-9-19(27)15-32-22)18-11-20(28)13-21(12-18)36-16-26(29,30)31/h4-13,15H,14,16H2,1-3H3,(H2,33,34,35). The van der Waals surface area contributed by atoms with Crippen molar-refractivity contribution in [3.05, 3.63) is 94.5 Å². The van der Waals surface area contributed by atoms with Gasteiger partial charge in [0.05, 0.1) is 10.7 Å². The Balaban J connectivity index is 2.21. The second-order valence-corrected chi connectivity index (χ2v) is 9.77. The summed E-state index contributed by atoms with van der Waals surface area (Å²) < 4.78 is 58.0. The predicted octanol–water partition coefficient (Wildman–Crippen LogP) is 6.40. The number of nitrogens with zero attached hydrogens (tertiary/aromatic N) is 1. The van der Waals surface area contributed by atoms with E-state index in [0.29, 0.717) is 10.7 Å². The summed E-state index contributed by atoms with van der Waals surface area (Å²) in [6.07, 6.45) is -3.14. The smallest absolute Gasteiger partial charge is 0.422 e. The molecule has 192 valence electrons. The summed E-state index contributed by atoms with van der Waals surface area (Å²) in [5.41, 5.74) is -0.916. The van der Waals surface area contributed by atoms with Crippen molar-refractivity contribution in [3.63, 3.8) is 0 Å². The van der Waals surface area contributed by atoms with E-state index < -0.39 is 35.7 Å². The first-order valence-electron chi connectivity index (χ1n) is 11.0. The molecule has 2 aromatic carbocycles. The highest BCUT2D eigenvalue weighted by Gasteiger charge is 2.39. The third kappa shape index (κ3) is 7.58. The molecule has 0 aliphatic rings. The average molecular weight is 524 g/mol. The summed E-state index contributed by atoms with van der Waals surface area (Å²) in [6.45, 7) is 3.77. The van der Waals surface area contributed by atoms with Crippen LogP contribution >= 0.6 is 11.6 Å². The van der Waals surface area contributed by atoms with E-state index in [-0.39, 0.29) is 17.7 Å². The molecule has 0 saturated carbocycles. The quantitative estimate of drug-likeness (QED) is 0.352. The number of carbonyl (C=O) groups is 1. The van der Waals surface area contributed by atoms with Crippen molar-refractivity contribution in [2.45, 2.75) is 44.4 Å². The minimum Gasteiger partial charge on any atom is -0.484 e. The molecule has 1 atom stereocenters.